The van der Waals surface area contributed by atoms with E-state index in [-0.39, 0.29) is 10.6 Å². The van der Waals surface area contributed by atoms with Crippen molar-refractivity contribution in [1.29, 1.82) is 0 Å². The summed E-state index contributed by atoms with van der Waals surface area (Å²) in [4.78, 5) is 11.1. The van der Waals surface area contributed by atoms with Crippen molar-refractivity contribution in [2.75, 3.05) is 13.2 Å². The zero-order chi connectivity index (χ0) is 14.8. The molecular formula is C16H17NO3S. The lowest BCUT2D eigenvalue weighted by Gasteiger charge is -2.16. The quantitative estimate of drug-likeness (QED) is 0.909. The molecule has 0 unspecified atom stereocenters. The largest absolute Gasteiger partial charge is 0.493 e. The maximum atomic E-state index is 11.1. The van der Waals surface area contributed by atoms with Gasteiger partial charge in [-0.15, -0.1) is 11.8 Å². The molecule has 2 N–H and O–H groups in total. The molecule has 1 saturated heterocycles. The second-order valence-corrected chi connectivity index (χ2v) is 6.20. The first-order chi connectivity index (χ1) is 10.2. The summed E-state index contributed by atoms with van der Waals surface area (Å²) < 4.78 is 5.67. The van der Waals surface area contributed by atoms with Gasteiger partial charge in [0.05, 0.1) is 12.0 Å². The molecule has 1 heterocycles. The number of thioether (sulfide) groups is 1. The molecule has 0 saturated carbocycles. The van der Waals surface area contributed by atoms with Gasteiger partial charge >= 0.3 is 5.97 Å². The summed E-state index contributed by atoms with van der Waals surface area (Å²) in [5.74, 6) is 0.111. The molecule has 4 nitrogen and oxygen atoms in total. The van der Waals surface area contributed by atoms with E-state index in [4.69, 9.17) is 9.84 Å². The molecule has 1 aliphatic rings. The maximum Gasteiger partial charge on any atom is 0.318 e. The molecule has 0 bridgehead atoms. The summed E-state index contributed by atoms with van der Waals surface area (Å²) in [5.41, 5.74) is 1.11. The molecule has 0 radical (unpaired) electrons. The third-order valence-electron chi connectivity index (χ3n) is 3.56. The second kappa shape index (κ2) is 5.95. The molecule has 110 valence electrons. The lowest BCUT2D eigenvalue weighted by atomic mass is 10.0. The van der Waals surface area contributed by atoms with Gasteiger partial charge in [0.15, 0.2) is 0 Å². The minimum absolute atomic E-state index is 0.00618. The Hall–Kier alpha value is -1.72. The van der Waals surface area contributed by atoms with Crippen molar-refractivity contribution < 1.29 is 14.6 Å². The summed E-state index contributed by atoms with van der Waals surface area (Å²) in [6.07, 6.45) is 0. The lowest BCUT2D eigenvalue weighted by Crippen LogP contribution is -2.21. The molecule has 0 aliphatic carbocycles. The molecule has 1 aliphatic heterocycles. The van der Waals surface area contributed by atoms with Crippen LogP contribution in [0.4, 0.5) is 0 Å². The highest BCUT2D eigenvalue weighted by molar-refractivity contribution is 8.01. The predicted octanol–water partition coefficient (Wildman–Crippen LogP) is 3.03. The van der Waals surface area contributed by atoms with Crippen LogP contribution in [-0.2, 0) is 4.79 Å². The highest BCUT2D eigenvalue weighted by Crippen LogP contribution is 2.40. The first kappa shape index (κ1) is 14.2. The summed E-state index contributed by atoms with van der Waals surface area (Å²) in [7, 11) is 0. The molecule has 0 amide bonds. The van der Waals surface area contributed by atoms with Crippen LogP contribution < -0.4 is 10.1 Å². The van der Waals surface area contributed by atoms with Crippen molar-refractivity contribution in [1.82, 2.24) is 5.32 Å². The van der Waals surface area contributed by atoms with Gasteiger partial charge < -0.3 is 9.84 Å². The summed E-state index contributed by atoms with van der Waals surface area (Å²) in [6, 6.07) is 12.1. The molecule has 2 atom stereocenters. The Labute approximate surface area is 127 Å². The van der Waals surface area contributed by atoms with Crippen molar-refractivity contribution >= 4 is 28.5 Å². The number of nitrogens with one attached hydrogen (secondary N) is 1. The Balaban J connectivity index is 2.00. The van der Waals surface area contributed by atoms with E-state index in [9.17, 15) is 4.79 Å². The van der Waals surface area contributed by atoms with Gasteiger partial charge in [0.1, 0.15) is 11.0 Å². The highest BCUT2D eigenvalue weighted by atomic mass is 32.2. The van der Waals surface area contributed by atoms with Crippen molar-refractivity contribution in [3.8, 4) is 5.75 Å². The Bertz CT molecular complexity index is 674. The van der Waals surface area contributed by atoms with Crippen LogP contribution in [0.5, 0.6) is 5.75 Å². The fourth-order valence-electron chi connectivity index (χ4n) is 2.61. The summed E-state index contributed by atoms with van der Waals surface area (Å²) >= 11 is 1.45. The number of ether oxygens (including phenoxy) is 1. The number of carboxylic acid groups (broad SMARTS) is 1. The molecule has 2 aromatic carbocycles. The van der Waals surface area contributed by atoms with Gasteiger partial charge in [-0.1, -0.05) is 30.3 Å². The molecule has 2 aromatic rings. The minimum atomic E-state index is -0.759. The summed E-state index contributed by atoms with van der Waals surface area (Å²) in [5, 5.41) is 14.2. The van der Waals surface area contributed by atoms with E-state index in [1.807, 2.05) is 37.3 Å². The van der Waals surface area contributed by atoms with E-state index in [0.29, 0.717) is 13.2 Å². The molecule has 21 heavy (non-hydrogen) atoms. The minimum Gasteiger partial charge on any atom is -0.493 e. The van der Waals surface area contributed by atoms with Crippen LogP contribution in [0.2, 0.25) is 0 Å². The first-order valence-corrected chi connectivity index (χ1v) is 7.91. The fraction of sp³-hybridized carbons (Fsp3) is 0.312. The van der Waals surface area contributed by atoms with Crippen LogP contribution in [-0.4, -0.2) is 29.5 Å². The second-order valence-electron chi connectivity index (χ2n) is 4.88. The zero-order valence-electron chi connectivity index (χ0n) is 11.7. The molecule has 5 heteroatoms. The SMILES string of the molecule is CCOc1ccc([C@@H]2NC[C@@H](C(=O)O)S2)c2ccccc12. The van der Waals surface area contributed by atoms with Gasteiger partial charge in [0, 0.05) is 11.9 Å². The van der Waals surface area contributed by atoms with Crippen molar-refractivity contribution in [2.45, 2.75) is 17.5 Å². The van der Waals surface area contributed by atoms with Gasteiger partial charge in [-0.05, 0) is 23.9 Å². The Morgan fingerprint density at radius 2 is 2.10 bits per heavy atom. The number of hydrogen-bond acceptors (Lipinski definition) is 4. The first-order valence-electron chi connectivity index (χ1n) is 6.96. The van der Waals surface area contributed by atoms with Crippen LogP contribution in [0.25, 0.3) is 10.8 Å². The number of hydrogen-bond donors (Lipinski definition) is 2. The highest BCUT2D eigenvalue weighted by Gasteiger charge is 2.31. The lowest BCUT2D eigenvalue weighted by molar-refractivity contribution is -0.136. The summed E-state index contributed by atoms with van der Waals surface area (Å²) in [6.45, 7) is 3.08. The number of fused-ring (bicyclic) bond motifs is 1. The van der Waals surface area contributed by atoms with Crippen molar-refractivity contribution in [2.24, 2.45) is 0 Å². The topological polar surface area (TPSA) is 58.6 Å². The van der Waals surface area contributed by atoms with Crippen molar-refractivity contribution in [3.05, 3.63) is 42.0 Å². The zero-order valence-corrected chi connectivity index (χ0v) is 12.5. The van der Waals surface area contributed by atoms with Gasteiger partial charge in [-0.2, -0.15) is 0 Å². The average molecular weight is 303 g/mol. The van der Waals surface area contributed by atoms with Crippen LogP contribution in [0.1, 0.15) is 17.9 Å². The van der Waals surface area contributed by atoms with Gasteiger partial charge in [0.25, 0.3) is 0 Å². The number of carboxylic acids is 1. The van der Waals surface area contributed by atoms with Crippen LogP contribution in [0.3, 0.4) is 0 Å². The van der Waals surface area contributed by atoms with Crippen LogP contribution >= 0.6 is 11.8 Å². The third-order valence-corrected chi connectivity index (χ3v) is 4.95. The fourth-order valence-corrected chi connectivity index (χ4v) is 3.79. The predicted molar refractivity (Wildman–Crippen MR) is 84.9 cm³/mol. The Kier molecular flexibility index (Phi) is 4.03. The Morgan fingerprint density at radius 3 is 2.76 bits per heavy atom. The van der Waals surface area contributed by atoms with Crippen LogP contribution in [0.15, 0.2) is 36.4 Å². The average Bonchev–Trinajstić information content (AvgIpc) is 2.98. The monoisotopic (exact) mass is 303 g/mol. The number of carbonyl (C=O) groups is 1. The van der Waals surface area contributed by atoms with E-state index in [1.165, 1.54) is 11.8 Å². The van der Waals surface area contributed by atoms with E-state index in [1.54, 1.807) is 0 Å². The molecule has 0 spiro atoms. The van der Waals surface area contributed by atoms with Crippen molar-refractivity contribution in [3.63, 3.8) is 0 Å². The molecular weight excluding hydrogens is 286 g/mol. The Morgan fingerprint density at radius 1 is 1.33 bits per heavy atom. The molecule has 3 rings (SSSR count). The van der Waals surface area contributed by atoms with E-state index in [2.05, 4.69) is 11.4 Å². The van der Waals surface area contributed by atoms with E-state index < -0.39 is 5.97 Å². The van der Waals surface area contributed by atoms with Gasteiger partial charge in [0.2, 0.25) is 0 Å². The van der Waals surface area contributed by atoms with Gasteiger partial charge in [-0.25, -0.2) is 0 Å². The number of benzene rings is 2. The van der Waals surface area contributed by atoms with Crippen LogP contribution in [0, 0.1) is 0 Å². The number of aliphatic carboxylic acids is 1. The standard InChI is InChI=1S/C16H17NO3S/c1-2-20-13-8-7-12(10-5-3-4-6-11(10)13)15-17-9-14(21-15)16(18)19/h3-8,14-15,17H,2,9H2,1H3,(H,18,19)/t14-,15+/m0/s1. The van der Waals surface area contributed by atoms with E-state index in [0.717, 1.165) is 22.1 Å². The van der Waals surface area contributed by atoms with E-state index >= 15 is 0 Å². The molecule has 0 aromatic heterocycles. The maximum absolute atomic E-state index is 11.1. The van der Waals surface area contributed by atoms with Gasteiger partial charge in [-0.3, -0.25) is 10.1 Å². The normalized spacial score (nSPS) is 21.6. The third kappa shape index (κ3) is 2.71. The molecule has 1 fully saturated rings. The smallest absolute Gasteiger partial charge is 0.318 e. The number of rotatable bonds is 4.